The number of aromatic nitrogens is 3. The van der Waals surface area contributed by atoms with Gasteiger partial charge in [-0.15, -0.1) is 5.10 Å². The molecule has 2 N–H and O–H groups in total. The zero-order chi connectivity index (χ0) is 15.0. The molecule has 0 saturated carbocycles. The number of rotatable bonds is 2. The molecule has 106 valence electrons. The molecule has 0 unspecified atom stereocenters. The molecular weight excluding hydrogens is 260 g/mol. The Morgan fingerprint density at radius 3 is 2.43 bits per heavy atom. The fourth-order valence-electron chi connectivity index (χ4n) is 2.51. The molecule has 3 aromatic rings. The lowest BCUT2D eigenvalue weighted by Gasteiger charge is -2.06. The molecule has 0 aliphatic rings. The Balaban J connectivity index is 2.11. The van der Waals surface area contributed by atoms with Crippen molar-refractivity contribution >= 4 is 5.82 Å². The summed E-state index contributed by atoms with van der Waals surface area (Å²) in [5.41, 5.74) is 12.5. The minimum absolute atomic E-state index is 0.563. The first-order valence-electron chi connectivity index (χ1n) is 6.92. The first-order chi connectivity index (χ1) is 10.1. The number of hydrogen-bond acceptors (Lipinski definition) is 3. The highest BCUT2D eigenvalue weighted by Gasteiger charge is 2.14. The van der Waals surface area contributed by atoms with Crippen LogP contribution in [0.5, 0.6) is 0 Å². The number of nitrogen functional groups attached to an aromatic ring is 1. The molecule has 0 saturated heterocycles. The Morgan fingerprint density at radius 2 is 1.71 bits per heavy atom. The molecule has 0 fully saturated rings. The Bertz CT molecular complexity index is 802. The van der Waals surface area contributed by atoms with Crippen molar-refractivity contribution in [2.45, 2.75) is 20.8 Å². The van der Waals surface area contributed by atoms with E-state index < -0.39 is 0 Å². The number of anilines is 1. The SMILES string of the molecule is Cc1cccc(-n2nnc(-c3ccc(C)cc3C)c2N)c1. The maximum atomic E-state index is 6.26. The second-order valence-corrected chi connectivity index (χ2v) is 5.39. The van der Waals surface area contributed by atoms with Gasteiger partial charge in [-0.3, -0.25) is 0 Å². The van der Waals surface area contributed by atoms with Crippen LogP contribution in [0.15, 0.2) is 42.5 Å². The number of benzene rings is 2. The third kappa shape index (κ3) is 2.40. The van der Waals surface area contributed by atoms with Gasteiger partial charge in [0, 0.05) is 5.56 Å². The summed E-state index contributed by atoms with van der Waals surface area (Å²) in [6, 6.07) is 14.3. The first kappa shape index (κ1) is 13.4. The summed E-state index contributed by atoms with van der Waals surface area (Å²) >= 11 is 0. The lowest BCUT2D eigenvalue weighted by atomic mass is 10.0. The summed E-state index contributed by atoms with van der Waals surface area (Å²) in [7, 11) is 0. The maximum Gasteiger partial charge on any atom is 0.155 e. The van der Waals surface area contributed by atoms with Gasteiger partial charge in [0.15, 0.2) is 5.82 Å². The van der Waals surface area contributed by atoms with Crippen molar-refractivity contribution in [2.75, 3.05) is 5.73 Å². The van der Waals surface area contributed by atoms with Crippen molar-refractivity contribution in [2.24, 2.45) is 0 Å². The van der Waals surface area contributed by atoms with E-state index in [0.29, 0.717) is 5.82 Å². The second-order valence-electron chi connectivity index (χ2n) is 5.39. The summed E-state index contributed by atoms with van der Waals surface area (Å²) in [6.07, 6.45) is 0. The second kappa shape index (κ2) is 5.05. The summed E-state index contributed by atoms with van der Waals surface area (Å²) in [5.74, 6) is 0.563. The van der Waals surface area contributed by atoms with E-state index in [1.165, 1.54) is 5.56 Å². The van der Waals surface area contributed by atoms with E-state index in [9.17, 15) is 0 Å². The van der Waals surface area contributed by atoms with Gasteiger partial charge in [0.25, 0.3) is 0 Å². The summed E-state index contributed by atoms with van der Waals surface area (Å²) in [5, 5.41) is 8.48. The van der Waals surface area contributed by atoms with Gasteiger partial charge in [-0.1, -0.05) is 41.1 Å². The molecule has 0 bridgehead atoms. The highest BCUT2D eigenvalue weighted by Crippen LogP contribution is 2.28. The summed E-state index contributed by atoms with van der Waals surface area (Å²) in [4.78, 5) is 0. The monoisotopic (exact) mass is 278 g/mol. The number of nitrogens with zero attached hydrogens (tertiary/aromatic N) is 3. The molecule has 0 radical (unpaired) electrons. The van der Waals surface area contributed by atoms with Gasteiger partial charge in [-0.05, 0) is 44.0 Å². The predicted octanol–water partition coefficient (Wildman–Crippen LogP) is 3.44. The van der Waals surface area contributed by atoms with Crippen molar-refractivity contribution in [1.29, 1.82) is 0 Å². The summed E-state index contributed by atoms with van der Waals surface area (Å²) < 4.78 is 1.68. The quantitative estimate of drug-likeness (QED) is 0.781. The van der Waals surface area contributed by atoms with E-state index in [-0.39, 0.29) is 0 Å². The molecule has 21 heavy (non-hydrogen) atoms. The minimum Gasteiger partial charge on any atom is -0.382 e. The van der Waals surface area contributed by atoms with Gasteiger partial charge in [0.05, 0.1) is 5.69 Å². The van der Waals surface area contributed by atoms with E-state index in [1.54, 1.807) is 4.68 Å². The molecule has 0 aliphatic heterocycles. The van der Waals surface area contributed by atoms with Crippen LogP contribution in [-0.4, -0.2) is 15.0 Å². The van der Waals surface area contributed by atoms with Gasteiger partial charge in [0.1, 0.15) is 5.69 Å². The van der Waals surface area contributed by atoms with Crippen LogP contribution >= 0.6 is 0 Å². The molecule has 0 atom stereocenters. The Kier molecular flexibility index (Phi) is 3.22. The van der Waals surface area contributed by atoms with E-state index in [4.69, 9.17) is 5.73 Å². The standard InChI is InChI=1S/C17H18N4/c1-11-5-4-6-14(10-11)21-17(18)16(19-20-21)15-8-7-12(2)9-13(15)3/h4-10H,18H2,1-3H3. The minimum atomic E-state index is 0.563. The topological polar surface area (TPSA) is 56.7 Å². The predicted molar refractivity (Wildman–Crippen MR) is 85.4 cm³/mol. The molecule has 4 heteroatoms. The van der Waals surface area contributed by atoms with Crippen LogP contribution in [0.3, 0.4) is 0 Å². The first-order valence-corrected chi connectivity index (χ1v) is 6.92. The van der Waals surface area contributed by atoms with Gasteiger partial charge < -0.3 is 5.73 Å². The molecule has 0 spiro atoms. The Morgan fingerprint density at radius 1 is 0.952 bits per heavy atom. The fourth-order valence-corrected chi connectivity index (χ4v) is 2.51. The van der Waals surface area contributed by atoms with Gasteiger partial charge in [0.2, 0.25) is 0 Å². The van der Waals surface area contributed by atoms with Crippen LogP contribution in [0.2, 0.25) is 0 Å². The van der Waals surface area contributed by atoms with Crippen molar-refractivity contribution in [3.8, 4) is 16.9 Å². The third-order valence-corrected chi connectivity index (χ3v) is 3.59. The van der Waals surface area contributed by atoms with Crippen LogP contribution in [-0.2, 0) is 0 Å². The van der Waals surface area contributed by atoms with Crippen LogP contribution in [0, 0.1) is 20.8 Å². The highest BCUT2D eigenvalue weighted by atomic mass is 15.5. The highest BCUT2D eigenvalue weighted by molar-refractivity contribution is 5.73. The van der Waals surface area contributed by atoms with E-state index in [0.717, 1.165) is 28.1 Å². The zero-order valence-electron chi connectivity index (χ0n) is 12.5. The zero-order valence-corrected chi connectivity index (χ0v) is 12.5. The molecule has 3 rings (SSSR count). The normalized spacial score (nSPS) is 10.8. The average molecular weight is 278 g/mol. The van der Waals surface area contributed by atoms with Crippen molar-refractivity contribution < 1.29 is 0 Å². The van der Waals surface area contributed by atoms with Crippen LogP contribution in [0.4, 0.5) is 5.82 Å². The molecule has 0 amide bonds. The van der Waals surface area contributed by atoms with E-state index in [1.807, 2.05) is 37.3 Å². The van der Waals surface area contributed by atoms with Gasteiger partial charge in [-0.2, -0.15) is 4.68 Å². The Labute approximate surface area is 124 Å². The lowest BCUT2D eigenvalue weighted by molar-refractivity contribution is 0.810. The van der Waals surface area contributed by atoms with E-state index in [2.05, 4.69) is 36.3 Å². The maximum absolute atomic E-state index is 6.26. The molecule has 1 aromatic heterocycles. The van der Waals surface area contributed by atoms with Crippen LogP contribution < -0.4 is 5.73 Å². The summed E-state index contributed by atoms with van der Waals surface area (Å²) in [6.45, 7) is 6.18. The average Bonchev–Trinajstić information content (AvgIpc) is 2.81. The van der Waals surface area contributed by atoms with Crippen LogP contribution in [0.25, 0.3) is 16.9 Å². The fraction of sp³-hybridized carbons (Fsp3) is 0.176. The van der Waals surface area contributed by atoms with Crippen molar-refractivity contribution in [3.63, 3.8) is 0 Å². The van der Waals surface area contributed by atoms with Crippen LogP contribution in [0.1, 0.15) is 16.7 Å². The number of nitrogens with two attached hydrogens (primary N) is 1. The van der Waals surface area contributed by atoms with Crippen molar-refractivity contribution in [3.05, 3.63) is 59.2 Å². The largest absolute Gasteiger partial charge is 0.382 e. The number of aryl methyl sites for hydroxylation is 3. The van der Waals surface area contributed by atoms with Gasteiger partial charge in [-0.25, -0.2) is 0 Å². The van der Waals surface area contributed by atoms with Crippen molar-refractivity contribution in [1.82, 2.24) is 15.0 Å². The smallest absolute Gasteiger partial charge is 0.155 e. The number of hydrogen-bond donors (Lipinski definition) is 1. The molecule has 2 aromatic carbocycles. The lowest BCUT2D eigenvalue weighted by Crippen LogP contribution is -2.02. The van der Waals surface area contributed by atoms with Gasteiger partial charge >= 0.3 is 0 Å². The van der Waals surface area contributed by atoms with E-state index >= 15 is 0 Å². The molecule has 1 heterocycles. The Hall–Kier alpha value is -2.62. The third-order valence-electron chi connectivity index (χ3n) is 3.59. The molecular formula is C17H18N4. The molecule has 4 nitrogen and oxygen atoms in total. The molecule has 0 aliphatic carbocycles.